The molecule has 3 rings (SSSR count). The van der Waals surface area contributed by atoms with Crippen LogP contribution < -0.4 is 10.6 Å². The summed E-state index contributed by atoms with van der Waals surface area (Å²) < 4.78 is 0. The molecule has 2 amide bonds. The van der Waals surface area contributed by atoms with Crippen LogP contribution in [0.25, 0.3) is 0 Å². The average Bonchev–Trinajstić information content (AvgIpc) is 2.75. The maximum Gasteiger partial charge on any atom is 0.251 e. The van der Waals surface area contributed by atoms with Gasteiger partial charge >= 0.3 is 0 Å². The highest BCUT2D eigenvalue weighted by Gasteiger charge is 2.27. The number of amides is 2. The number of piperidine rings is 1. The van der Waals surface area contributed by atoms with Gasteiger partial charge < -0.3 is 10.6 Å². The average molecular weight is 384 g/mol. The molecule has 28 heavy (non-hydrogen) atoms. The fourth-order valence-corrected chi connectivity index (χ4v) is 4.08. The molecule has 1 saturated heterocycles. The minimum Gasteiger partial charge on any atom is -0.354 e. The summed E-state index contributed by atoms with van der Waals surface area (Å²) in [6.07, 6.45) is 10.0. The fourth-order valence-electron chi connectivity index (χ4n) is 4.08. The summed E-state index contributed by atoms with van der Waals surface area (Å²) in [6, 6.07) is 9.39. The van der Waals surface area contributed by atoms with E-state index in [0.717, 1.165) is 38.9 Å². The molecule has 1 fully saturated rings. The van der Waals surface area contributed by atoms with Crippen molar-refractivity contribution in [2.75, 3.05) is 19.6 Å². The highest BCUT2D eigenvalue weighted by atomic mass is 16.2. The lowest BCUT2D eigenvalue weighted by atomic mass is 9.97. The van der Waals surface area contributed by atoms with E-state index in [-0.39, 0.29) is 23.9 Å². The molecule has 2 aliphatic rings. The Morgan fingerprint density at radius 1 is 1.14 bits per heavy atom. The van der Waals surface area contributed by atoms with Gasteiger partial charge in [0.25, 0.3) is 5.91 Å². The molecule has 1 aromatic carbocycles. The molecule has 1 aliphatic carbocycles. The molecule has 5 heteroatoms. The molecule has 0 saturated carbocycles. The summed E-state index contributed by atoms with van der Waals surface area (Å²) in [4.78, 5) is 27.0. The lowest BCUT2D eigenvalue weighted by Gasteiger charge is -2.35. The van der Waals surface area contributed by atoms with Crippen LogP contribution in [0.15, 0.2) is 42.0 Å². The largest absolute Gasteiger partial charge is 0.354 e. The number of rotatable bonds is 7. The summed E-state index contributed by atoms with van der Waals surface area (Å²) in [5, 5.41) is 6.22. The zero-order valence-corrected chi connectivity index (χ0v) is 17.0. The molecule has 1 aliphatic heterocycles. The van der Waals surface area contributed by atoms with Gasteiger partial charge in [0.15, 0.2) is 0 Å². The van der Waals surface area contributed by atoms with Gasteiger partial charge in [0, 0.05) is 31.2 Å². The van der Waals surface area contributed by atoms with Gasteiger partial charge in [0.2, 0.25) is 5.91 Å². The number of benzene rings is 1. The Hall–Kier alpha value is -2.14. The Morgan fingerprint density at radius 3 is 2.57 bits per heavy atom. The zero-order valence-electron chi connectivity index (χ0n) is 17.0. The third-order valence-electron chi connectivity index (χ3n) is 5.96. The monoisotopic (exact) mass is 383 g/mol. The SMILES string of the molecule is CC(C(=O)NCCC1=CCCCC1)N1CCC(NC(=O)c2ccccc2)CC1. The van der Waals surface area contributed by atoms with Crippen molar-refractivity contribution in [3.05, 3.63) is 47.5 Å². The van der Waals surface area contributed by atoms with E-state index >= 15 is 0 Å². The number of carbonyl (C=O) groups is 2. The van der Waals surface area contributed by atoms with Crippen molar-refractivity contribution in [1.82, 2.24) is 15.5 Å². The topological polar surface area (TPSA) is 61.4 Å². The number of likely N-dealkylation sites (tertiary alicyclic amines) is 1. The number of hydrogen-bond donors (Lipinski definition) is 2. The molecule has 152 valence electrons. The molecule has 5 nitrogen and oxygen atoms in total. The molecule has 0 aromatic heterocycles. The van der Waals surface area contributed by atoms with E-state index < -0.39 is 0 Å². The van der Waals surface area contributed by atoms with Crippen molar-refractivity contribution in [3.8, 4) is 0 Å². The van der Waals surface area contributed by atoms with Crippen LogP contribution in [0.5, 0.6) is 0 Å². The van der Waals surface area contributed by atoms with Crippen LogP contribution in [-0.4, -0.2) is 48.4 Å². The Bertz CT molecular complexity index is 678. The van der Waals surface area contributed by atoms with E-state index in [1.165, 1.54) is 31.3 Å². The predicted octanol–water partition coefficient (Wildman–Crippen LogP) is 3.28. The van der Waals surface area contributed by atoms with Crippen LogP contribution in [0, 0.1) is 0 Å². The smallest absolute Gasteiger partial charge is 0.251 e. The van der Waals surface area contributed by atoms with Crippen molar-refractivity contribution in [1.29, 1.82) is 0 Å². The molecule has 1 atom stereocenters. The number of carbonyl (C=O) groups excluding carboxylic acids is 2. The Balaban J connectivity index is 1.37. The normalized spacial score (nSPS) is 19.5. The summed E-state index contributed by atoms with van der Waals surface area (Å²) in [5.74, 6) is 0.102. The molecule has 1 aromatic rings. The summed E-state index contributed by atoms with van der Waals surface area (Å²) >= 11 is 0. The Morgan fingerprint density at radius 2 is 1.89 bits per heavy atom. The van der Waals surface area contributed by atoms with Gasteiger partial charge in [-0.05, 0) is 64.0 Å². The summed E-state index contributed by atoms with van der Waals surface area (Å²) in [6.45, 7) is 4.38. The second kappa shape index (κ2) is 10.4. The predicted molar refractivity (Wildman–Crippen MR) is 112 cm³/mol. The fraction of sp³-hybridized carbons (Fsp3) is 0.565. The molecular weight excluding hydrogens is 350 g/mol. The first-order chi connectivity index (χ1) is 13.6. The number of hydrogen-bond acceptors (Lipinski definition) is 3. The second-order valence-corrected chi connectivity index (χ2v) is 7.97. The van der Waals surface area contributed by atoms with Crippen LogP contribution >= 0.6 is 0 Å². The summed E-state index contributed by atoms with van der Waals surface area (Å²) in [5.41, 5.74) is 2.19. The van der Waals surface area contributed by atoms with Gasteiger partial charge in [0.1, 0.15) is 0 Å². The lowest BCUT2D eigenvalue weighted by Crippen LogP contribution is -2.51. The van der Waals surface area contributed by atoms with Crippen LogP contribution in [0.1, 0.15) is 62.2 Å². The summed E-state index contributed by atoms with van der Waals surface area (Å²) in [7, 11) is 0. The molecule has 1 unspecified atom stereocenters. The minimum absolute atomic E-state index is 0.0122. The maximum absolute atomic E-state index is 12.5. The highest BCUT2D eigenvalue weighted by Crippen LogP contribution is 2.19. The zero-order chi connectivity index (χ0) is 19.8. The third-order valence-corrected chi connectivity index (χ3v) is 5.96. The quantitative estimate of drug-likeness (QED) is 0.711. The van der Waals surface area contributed by atoms with E-state index in [9.17, 15) is 9.59 Å². The minimum atomic E-state index is -0.119. The Labute approximate surface area is 168 Å². The van der Waals surface area contributed by atoms with E-state index in [4.69, 9.17) is 0 Å². The van der Waals surface area contributed by atoms with Crippen LogP contribution in [0.4, 0.5) is 0 Å². The van der Waals surface area contributed by atoms with E-state index in [2.05, 4.69) is 21.6 Å². The van der Waals surface area contributed by atoms with E-state index in [1.54, 1.807) is 0 Å². The molecule has 2 N–H and O–H groups in total. The van der Waals surface area contributed by atoms with Crippen molar-refractivity contribution in [3.63, 3.8) is 0 Å². The Kier molecular flexibility index (Phi) is 7.66. The van der Waals surface area contributed by atoms with E-state index in [0.29, 0.717) is 5.56 Å². The maximum atomic E-state index is 12.5. The third kappa shape index (κ3) is 5.93. The van der Waals surface area contributed by atoms with Gasteiger partial charge in [-0.3, -0.25) is 14.5 Å². The van der Waals surface area contributed by atoms with Crippen molar-refractivity contribution in [2.24, 2.45) is 0 Å². The molecule has 0 radical (unpaired) electrons. The van der Waals surface area contributed by atoms with E-state index in [1.807, 2.05) is 37.3 Å². The van der Waals surface area contributed by atoms with Crippen molar-refractivity contribution < 1.29 is 9.59 Å². The molecule has 1 heterocycles. The number of allylic oxidation sites excluding steroid dienone is 1. The lowest BCUT2D eigenvalue weighted by molar-refractivity contribution is -0.126. The highest BCUT2D eigenvalue weighted by molar-refractivity contribution is 5.94. The van der Waals surface area contributed by atoms with Crippen LogP contribution in [0.2, 0.25) is 0 Å². The number of nitrogens with one attached hydrogen (secondary N) is 2. The first-order valence-corrected chi connectivity index (χ1v) is 10.7. The first kappa shape index (κ1) is 20.6. The first-order valence-electron chi connectivity index (χ1n) is 10.7. The van der Waals surface area contributed by atoms with Gasteiger partial charge in [-0.25, -0.2) is 0 Å². The number of nitrogens with zero attached hydrogens (tertiary/aromatic N) is 1. The van der Waals surface area contributed by atoms with Crippen molar-refractivity contribution in [2.45, 2.75) is 64.0 Å². The second-order valence-electron chi connectivity index (χ2n) is 7.97. The van der Waals surface area contributed by atoms with Crippen LogP contribution in [-0.2, 0) is 4.79 Å². The van der Waals surface area contributed by atoms with Gasteiger partial charge in [0.05, 0.1) is 6.04 Å². The van der Waals surface area contributed by atoms with Gasteiger partial charge in [-0.2, -0.15) is 0 Å². The molecular formula is C23H33N3O2. The van der Waals surface area contributed by atoms with Gasteiger partial charge in [-0.1, -0.05) is 29.8 Å². The molecule has 0 spiro atoms. The van der Waals surface area contributed by atoms with Crippen LogP contribution in [0.3, 0.4) is 0 Å². The standard InChI is InChI=1S/C23H33N3O2/c1-18(22(27)24-15-12-19-8-4-2-5-9-19)26-16-13-21(14-17-26)25-23(28)20-10-6-3-7-11-20/h3,6-8,10-11,18,21H,2,4-5,9,12-17H2,1H3,(H,24,27)(H,25,28). The van der Waals surface area contributed by atoms with Gasteiger partial charge in [-0.15, -0.1) is 0 Å². The van der Waals surface area contributed by atoms with Crippen molar-refractivity contribution >= 4 is 11.8 Å². The molecule has 0 bridgehead atoms.